The Bertz CT molecular complexity index is 782. The molecular weight excluding hydrogens is 382 g/mol. The van der Waals surface area contributed by atoms with Crippen LogP contribution in [-0.4, -0.2) is 34.2 Å². The van der Waals surface area contributed by atoms with E-state index in [0.717, 1.165) is 6.34 Å². The number of hydrogen-bond donors (Lipinski definition) is 1. The van der Waals surface area contributed by atoms with Gasteiger partial charge in [-0.25, -0.2) is 18.3 Å². The third-order valence-corrected chi connectivity index (χ3v) is 3.33. The molecular formula is C12H10BrClF2N6. The summed E-state index contributed by atoms with van der Waals surface area (Å²) in [5.74, 6) is -0.956. The van der Waals surface area contributed by atoms with Crippen LogP contribution in [0.2, 0.25) is 5.28 Å². The summed E-state index contributed by atoms with van der Waals surface area (Å²) in [5.41, 5.74) is 0.157. The molecule has 2 aromatic heterocycles. The number of rotatable bonds is 5. The van der Waals surface area contributed by atoms with Gasteiger partial charge in [-0.15, -0.1) is 5.10 Å². The molecule has 0 aromatic carbocycles. The van der Waals surface area contributed by atoms with Crippen LogP contribution in [0.25, 0.3) is 5.52 Å². The van der Waals surface area contributed by atoms with E-state index in [9.17, 15) is 8.78 Å². The SMILES string of the molecule is C=NC=N/C(CNc1nc(Cl)nn2cc(Br)c(F)c12)=C(\C)F. The number of aliphatic imine (C=N–C) groups is 2. The van der Waals surface area contributed by atoms with Gasteiger partial charge in [0.15, 0.2) is 11.6 Å². The maximum Gasteiger partial charge on any atom is 0.243 e. The topological polar surface area (TPSA) is 66.9 Å². The van der Waals surface area contributed by atoms with Gasteiger partial charge in [0.05, 0.1) is 16.7 Å². The van der Waals surface area contributed by atoms with Gasteiger partial charge < -0.3 is 5.32 Å². The smallest absolute Gasteiger partial charge is 0.243 e. The van der Waals surface area contributed by atoms with Crippen LogP contribution in [0.3, 0.4) is 0 Å². The number of allylic oxidation sites excluding steroid dienone is 1. The summed E-state index contributed by atoms with van der Waals surface area (Å²) in [6.07, 6.45) is 2.51. The van der Waals surface area contributed by atoms with Crippen molar-refractivity contribution in [2.75, 3.05) is 11.9 Å². The first-order chi connectivity index (χ1) is 10.4. The normalized spacial score (nSPS) is 12.8. The number of halogens is 4. The minimum atomic E-state index is -0.557. The molecule has 0 atom stereocenters. The molecule has 0 bridgehead atoms. The second-order valence-electron chi connectivity index (χ2n) is 4.07. The van der Waals surface area contributed by atoms with Crippen LogP contribution in [0.15, 0.2) is 32.2 Å². The largest absolute Gasteiger partial charge is 0.362 e. The number of aromatic nitrogens is 3. The lowest BCUT2D eigenvalue weighted by molar-refractivity contribution is 0.623. The summed E-state index contributed by atoms with van der Waals surface area (Å²) in [6.45, 7) is 4.42. The first-order valence-electron chi connectivity index (χ1n) is 5.91. The Morgan fingerprint density at radius 3 is 3.00 bits per heavy atom. The van der Waals surface area contributed by atoms with E-state index < -0.39 is 11.6 Å². The van der Waals surface area contributed by atoms with Crippen molar-refractivity contribution in [1.82, 2.24) is 14.6 Å². The molecule has 0 saturated heterocycles. The molecule has 0 radical (unpaired) electrons. The highest BCUT2D eigenvalue weighted by Crippen LogP contribution is 2.27. The van der Waals surface area contributed by atoms with Crippen LogP contribution in [0.1, 0.15) is 6.92 Å². The molecule has 10 heteroatoms. The molecule has 2 aromatic rings. The van der Waals surface area contributed by atoms with E-state index in [-0.39, 0.29) is 33.3 Å². The monoisotopic (exact) mass is 390 g/mol. The highest BCUT2D eigenvalue weighted by atomic mass is 79.9. The van der Waals surface area contributed by atoms with Gasteiger partial charge in [-0.1, -0.05) is 0 Å². The van der Waals surface area contributed by atoms with Crippen molar-refractivity contribution >= 4 is 51.9 Å². The van der Waals surface area contributed by atoms with Gasteiger partial charge in [-0.05, 0) is 41.2 Å². The fourth-order valence-corrected chi connectivity index (χ4v) is 2.20. The van der Waals surface area contributed by atoms with Gasteiger partial charge in [0, 0.05) is 6.20 Å². The maximum atomic E-state index is 14.1. The van der Waals surface area contributed by atoms with Crippen molar-refractivity contribution < 1.29 is 8.78 Å². The minimum Gasteiger partial charge on any atom is -0.362 e. The van der Waals surface area contributed by atoms with E-state index in [1.54, 1.807) is 0 Å². The average molecular weight is 392 g/mol. The van der Waals surface area contributed by atoms with Gasteiger partial charge in [-0.3, -0.25) is 4.99 Å². The van der Waals surface area contributed by atoms with Crippen LogP contribution in [0, 0.1) is 5.82 Å². The number of nitrogens with zero attached hydrogens (tertiary/aromatic N) is 5. The molecule has 6 nitrogen and oxygen atoms in total. The average Bonchev–Trinajstić information content (AvgIpc) is 2.73. The number of hydrogen-bond acceptors (Lipinski definition) is 4. The van der Waals surface area contributed by atoms with Crippen LogP contribution in [-0.2, 0) is 0 Å². The Balaban J connectivity index is 2.37. The molecule has 22 heavy (non-hydrogen) atoms. The summed E-state index contributed by atoms with van der Waals surface area (Å²) in [7, 11) is 0. The molecule has 0 saturated carbocycles. The third-order valence-electron chi connectivity index (χ3n) is 2.62. The van der Waals surface area contributed by atoms with Crippen molar-refractivity contribution in [2.45, 2.75) is 6.92 Å². The van der Waals surface area contributed by atoms with E-state index in [0.29, 0.717) is 0 Å². The predicted molar refractivity (Wildman–Crippen MR) is 86.0 cm³/mol. The minimum absolute atomic E-state index is 0.0421. The molecule has 1 N–H and O–H groups in total. The first-order valence-corrected chi connectivity index (χ1v) is 7.08. The van der Waals surface area contributed by atoms with Crippen LogP contribution in [0.4, 0.5) is 14.6 Å². The fraction of sp³-hybridized carbons (Fsp3) is 0.167. The molecule has 0 amide bonds. The molecule has 0 aliphatic rings. The number of fused-ring (bicyclic) bond motifs is 1. The van der Waals surface area contributed by atoms with E-state index in [1.807, 2.05) is 0 Å². The summed E-state index contributed by atoms with van der Waals surface area (Å²) < 4.78 is 28.9. The third kappa shape index (κ3) is 3.47. The van der Waals surface area contributed by atoms with Gasteiger partial charge in [-0.2, -0.15) is 4.98 Å². The van der Waals surface area contributed by atoms with Gasteiger partial charge >= 0.3 is 0 Å². The number of anilines is 1. The first kappa shape index (κ1) is 16.5. The molecule has 2 rings (SSSR count). The van der Waals surface area contributed by atoms with Crippen molar-refractivity contribution in [3.8, 4) is 0 Å². The standard InChI is InChI=1S/C12H10BrClF2N6/c1-6(15)8(19-5-17-2)3-18-11-10-9(16)7(13)4-22(10)21-12(14)20-11/h4-5H,2-3H2,1H3,(H,18,20,21)/b8-6+,19-5?. The van der Waals surface area contributed by atoms with E-state index in [1.165, 1.54) is 17.6 Å². The second kappa shape index (κ2) is 6.93. The molecule has 0 aliphatic heterocycles. The molecule has 0 spiro atoms. The van der Waals surface area contributed by atoms with Crippen LogP contribution < -0.4 is 5.32 Å². The van der Waals surface area contributed by atoms with Crippen molar-refractivity contribution in [1.29, 1.82) is 0 Å². The molecule has 0 aliphatic carbocycles. The van der Waals surface area contributed by atoms with Crippen molar-refractivity contribution in [3.63, 3.8) is 0 Å². The lowest BCUT2D eigenvalue weighted by Crippen LogP contribution is -2.09. The summed E-state index contributed by atoms with van der Waals surface area (Å²) >= 11 is 8.85. The summed E-state index contributed by atoms with van der Waals surface area (Å²) in [5, 5.41) is 6.55. The summed E-state index contributed by atoms with van der Waals surface area (Å²) in [4.78, 5) is 11.1. The van der Waals surface area contributed by atoms with Gasteiger partial charge in [0.2, 0.25) is 5.28 Å². The summed E-state index contributed by atoms with van der Waals surface area (Å²) in [6, 6.07) is 0. The van der Waals surface area contributed by atoms with Crippen molar-refractivity contribution in [3.05, 3.63) is 33.3 Å². The Morgan fingerprint density at radius 1 is 1.64 bits per heavy atom. The lowest BCUT2D eigenvalue weighted by atomic mass is 10.3. The maximum absolute atomic E-state index is 14.1. The predicted octanol–water partition coefficient (Wildman–Crippen LogP) is 3.63. The lowest BCUT2D eigenvalue weighted by Gasteiger charge is -2.08. The molecule has 0 fully saturated rings. The van der Waals surface area contributed by atoms with E-state index in [4.69, 9.17) is 11.6 Å². The van der Waals surface area contributed by atoms with Crippen molar-refractivity contribution in [2.24, 2.45) is 9.98 Å². The van der Waals surface area contributed by atoms with Gasteiger partial charge in [0.25, 0.3) is 0 Å². The Labute approximate surface area is 137 Å². The second-order valence-corrected chi connectivity index (χ2v) is 5.27. The molecule has 0 unspecified atom stereocenters. The Hall–Kier alpha value is -1.87. The molecule has 116 valence electrons. The Morgan fingerprint density at radius 2 is 2.36 bits per heavy atom. The zero-order chi connectivity index (χ0) is 16.3. The highest BCUT2D eigenvalue weighted by Gasteiger charge is 2.16. The van der Waals surface area contributed by atoms with E-state index in [2.05, 4.69) is 48.0 Å². The van der Waals surface area contributed by atoms with Crippen LogP contribution in [0.5, 0.6) is 0 Å². The van der Waals surface area contributed by atoms with Gasteiger partial charge in [0.1, 0.15) is 17.7 Å². The zero-order valence-corrected chi connectivity index (χ0v) is 13.7. The molecule has 2 heterocycles. The van der Waals surface area contributed by atoms with E-state index >= 15 is 0 Å². The fourth-order valence-electron chi connectivity index (χ4n) is 1.65. The highest BCUT2D eigenvalue weighted by molar-refractivity contribution is 9.10. The number of nitrogens with one attached hydrogen (secondary N) is 1. The van der Waals surface area contributed by atoms with Crippen LogP contribution >= 0.6 is 27.5 Å². The quantitative estimate of drug-likeness (QED) is 0.625. The Kier molecular flexibility index (Phi) is 5.19. The zero-order valence-electron chi connectivity index (χ0n) is 11.3.